The van der Waals surface area contributed by atoms with Crippen LogP contribution in [-0.2, 0) is 0 Å². The molecule has 0 atom stereocenters. The first-order valence-electron chi connectivity index (χ1n) is 6.76. The molecule has 0 bridgehead atoms. The number of fused-ring (bicyclic) bond motifs is 1. The van der Waals surface area contributed by atoms with Crippen molar-refractivity contribution in [2.75, 3.05) is 7.11 Å². The lowest BCUT2D eigenvalue weighted by molar-refractivity contribution is 0.102. The van der Waals surface area contributed by atoms with Crippen LogP contribution in [-0.4, -0.2) is 22.7 Å². The zero-order valence-corrected chi connectivity index (χ0v) is 12.2. The number of ether oxygens (including phenoxy) is 1. The van der Waals surface area contributed by atoms with Gasteiger partial charge in [-0.05, 0) is 19.9 Å². The Hall–Kier alpha value is -2.56. The Kier molecular flexibility index (Phi) is 3.25. The van der Waals surface area contributed by atoms with E-state index in [1.807, 2.05) is 38.1 Å². The quantitative estimate of drug-likeness (QED) is 0.688. The molecule has 2 heterocycles. The maximum atomic E-state index is 12.9. The van der Waals surface area contributed by atoms with Gasteiger partial charge in [0.25, 0.3) is 0 Å². The maximum absolute atomic E-state index is 12.9. The molecule has 0 unspecified atom stereocenters. The second kappa shape index (κ2) is 5.09. The number of carbonyl (C=O) groups is 1. The summed E-state index contributed by atoms with van der Waals surface area (Å²) in [5, 5.41) is 5.03. The molecule has 3 rings (SSSR count). The van der Waals surface area contributed by atoms with Gasteiger partial charge in [-0.15, -0.1) is 0 Å². The van der Waals surface area contributed by atoms with Gasteiger partial charge in [0.05, 0.1) is 18.9 Å². The lowest BCUT2D eigenvalue weighted by atomic mass is 10.1. The summed E-state index contributed by atoms with van der Waals surface area (Å²) in [6, 6.07) is 7.52. The van der Waals surface area contributed by atoms with Crippen molar-refractivity contribution >= 4 is 16.8 Å². The highest BCUT2D eigenvalue weighted by Crippen LogP contribution is 2.28. The van der Waals surface area contributed by atoms with Crippen LogP contribution in [0.4, 0.5) is 0 Å². The predicted molar refractivity (Wildman–Crippen MR) is 78.8 cm³/mol. The van der Waals surface area contributed by atoms with Gasteiger partial charge in [0.15, 0.2) is 11.4 Å². The molecule has 0 fully saturated rings. The number of hydrogen-bond donors (Lipinski definition) is 0. The van der Waals surface area contributed by atoms with Gasteiger partial charge < -0.3 is 9.15 Å². The summed E-state index contributed by atoms with van der Waals surface area (Å²) >= 11 is 0. The van der Waals surface area contributed by atoms with E-state index in [0.717, 1.165) is 5.39 Å². The Labute approximate surface area is 122 Å². The lowest BCUT2D eigenvalue weighted by Crippen LogP contribution is -2.14. The standard InChI is InChI=1S/C16H16N2O3/c1-10(2)18-15(14(20-3)8-17-18)16(19)12-9-21-13-7-5-4-6-11(12)13/h4-10H,1-3H3. The maximum Gasteiger partial charge on any atom is 0.218 e. The van der Waals surface area contributed by atoms with Crippen LogP contribution in [0.25, 0.3) is 11.0 Å². The molecule has 2 aromatic heterocycles. The Morgan fingerprint density at radius 2 is 2.10 bits per heavy atom. The molecule has 5 heteroatoms. The first-order chi connectivity index (χ1) is 10.1. The number of ketones is 1. The van der Waals surface area contributed by atoms with E-state index in [2.05, 4.69) is 5.10 Å². The van der Waals surface area contributed by atoms with E-state index in [1.54, 1.807) is 10.9 Å². The summed E-state index contributed by atoms with van der Waals surface area (Å²) in [6.07, 6.45) is 3.06. The molecule has 3 aromatic rings. The number of para-hydroxylation sites is 1. The number of aromatic nitrogens is 2. The zero-order chi connectivity index (χ0) is 15.0. The highest BCUT2D eigenvalue weighted by molar-refractivity contribution is 6.16. The van der Waals surface area contributed by atoms with Gasteiger partial charge in [-0.25, -0.2) is 0 Å². The summed E-state index contributed by atoms with van der Waals surface area (Å²) in [4.78, 5) is 12.9. The van der Waals surface area contributed by atoms with Crippen LogP contribution in [0.5, 0.6) is 5.75 Å². The van der Waals surface area contributed by atoms with Crippen LogP contribution < -0.4 is 4.74 Å². The Morgan fingerprint density at radius 1 is 1.33 bits per heavy atom. The van der Waals surface area contributed by atoms with E-state index >= 15 is 0 Å². The fraction of sp³-hybridized carbons (Fsp3) is 0.250. The van der Waals surface area contributed by atoms with Crippen molar-refractivity contribution in [1.29, 1.82) is 0 Å². The fourth-order valence-corrected chi connectivity index (χ4v) is 2.38. The number of carbonyl (C=O) groups excluding carboxylic acids is 1. The molecular formula is C16H16N2O3. The van der Waals surface area contributed by atoms with Crippen molar-refractivity contribution < 1.29 is 13.9 Å². The van der Waals surface area contributed by atoms with Crippen molar-refractivity contribution in [2.24, 2.45) is 0 Å². The van der Waals surface area contributed by atoms with E-state index < -0.39 is 0 Å². The molecular weight excluding hydrogens is 268 g/mol. The minimum absolute atomic E-state index is 0.0611. The number of furan rings is 1. The van der Waals surface area contributed by atoms with Crippen LogP contribution >= 0.6 is 0 Å². The molecule has 0 amide bonds. The summed E-state index contributed by atoms with van der Waals surface area (Å²) in [7, 11) is 1.53. The second-order valence-electron chi connectivity index (χ2n) is 5.07. The Balaban J connectivity index is 2.16. The molecule has 1 aromatic carbocycles. The molecule has 0 aliphatic carbocycles. The van der Waals surface area contributed by atoms with Crippen molar-refractivity contribution in [3.05, 3.63) is 48.0 Å². The molecule has 21 heavy (non-hydrogen) atoms. The largest absolute Gasteiger partial charge is 0.493 e. The minimum Gasteiger partial charge on any atom is -0.493 e. The van der Waals surface area contributed by atoms with E-state index in [1.165, 1.54) is 13.4 Å². The number of nitrogens with zero attached hydrogens (tertiary/aromatic N) is 2. The van der Waals surface area contributed by atoms with Gasteiger partial charge in [-0.1, -0.05) is 18.2 Å². The van der Waals surface area contributed by atoms with Crippen LogP contribution in [0.15, 0.2) is 41.1 Å². The Morgan fingerprint density at radius 3 is 2.81 bits per heavy atom. The molecule has 0 radical (unpaired) electrons. The average Bonchev–Trinajstić information content (AvgIpc) is 3.10. The summed E-state index contributed by atoms with van der Waals surface area (Å²) in [5.74, 6) is 0.321. The molecule has 0 saturated carbocycles. The van der Waals surface area contributed by atoms with Crippen LogP contribution in [0.1, 0.15) is 35.9 Å². The number of rotatable bonds is 4. The normalized spacial score (nSPS) is 11.2. The number of benzene rings is 1. The third-order valence-corrected chi connectivity index (χ3v) is 3.41. The van der Waals surface area contributed by atoms with Crippen molar-refractivity contribution in [3.63, 3.8) is 0 Å². The van der Waals surface area contributed by atoms with E-state index in [9.17, 15) is 4.79 Å². The molecule has 0 aliphatic heterocycles. The van der Waals surface area contributed by atoms with E-state index in [-0.39, 0.29) is 11.8 Å². The number of methoxy groups -OCH3 is 1. The molecule has 0 spiro atoms. The van der Waals surface area contributed by atoms with Gasteiger partial charge in [-0.2, -0.15) is 5.10 Å². The third-order valence-electron chi connectivity index (χ3n) is 3.41. The van der Waals surface area contributed by atoms with Crippen LogP contribution in [0.3, 0.4) is 0 Å². The smallest absolute Gasteiger partial charge is 0.218 e. The summed E-state index contributed by atoms with van der Waals surface area (Å²) in [6.45, 7) is 3.94. The average molecular weight is 284 g/mol. The summed E-state index contributed by atoms with van der Waals surface area (Å²) in [5.41, 5.74) is 1.65. The third kappa shape index (κ3) is 2.11. The van der Waals surface area contributed by atoms with Gasteiger partial charge in [0.2, 0.25) is 5.78 Å². The summed E-state index contributed by atoms with van der Waals surface area (Å²) < 4.78 is 12.4. The topological polar surface area (TPSA) is 57.3 Å². The van der Waals surface area contributed by atoms with Crippen molar-refractivity contribution in [2.45, 2.75) is 19.9 Å². The zero-order valence-electron chi connectivity index (χ0n) is 12.2. The SMILES string of the molecule is COc1cnn(C(C)C)c1C(=O)c1coc2ccccc12. The fourth-order valence-electron chi connectivity index (χ4n) is 2.38. The van der Waals surface area contributed by atoms with E-state index in [4.69, 9.17) is 9.15 Å². The number of hydrogen-bond acceptors (Lipinski definition) is 4. The molecule has 108 valence electrons. The molecule has 0 N–H and O–H groups in total. The van der Waals surface area contributed by atoms with Crippen LogP contribution in [0, 0.1) is 0 Å². The minimum atomic E-state index is -0.150. The first kappa shape index (κ1) is 13.4. The molecule has 0 saturated heterocycles. The molecule has 5 nitrogen and oxygen atoms in total. The van der Waals surface area contributed by atoms with Gasteiger partial charge in [-0.3, -0.25) is 9.48 Å². The monoisotopic (exact) mass is 284 g/mol. The van der Waals surface area contributed by atoms with Gasteiger partial charge >= 0.3 is 0 Å². The predicted octanol–water partition coefficient (Wildman–Crippen LogP) is 3.45. The van der Waals surface area contributed by atoms with Crippen molar-refractivity contribution in [3.8, 4) is 5.75 Å². The van der Waals surface area contributed by atoms with Gasteiger partial charge in [0, 0.05) is 11.4 Å². The second-order valence-corrected chi connectivity index (χ2v) is 5.07. The highest BCUT2D eigenvalue weighted by Gasteiger charge is 2.25. The van der Waals surface area contributed by atoms with Crippen LogP contribution in [0.2, 0.25) is 0 Å². The van der Waals surface area contributed by atoms with Gasteiger partial charge in [0.1, 0.15) is 11.8 Å². The molecule has 0 aliphatic rings. The lowest BCUT2D eigenvalue weighted by Gasteiger charge is -2.10. The highest BCUT2D eigenvalue weighted by atomic mass is 16.5. The van der Waals surface area contributed by atoms with Crippen molar-refractivity contribution in [1.82, 2.24) is 9.78 Å². The van der Waals surface area contributed by atoms with E-state index in [0.29, 0.717) is 22.6 Å². The Bertz CT molecular complexity index is 799. The first-order valence-corrected chi connectivity index (χ1v) is 6.76.